The molecular weight excluding hydrogens is 954 g/mol. The molecule has 2 aromatic carbocycles. The Balaban J connectivity index is 0.000000821. The number of nitrogens with zero attached hydrogens (tertiary/aromatic N) is 10. The number of hydrogen-bond acceptors (Lipinski definition) is 12. The van der Waals surface area contributed by atoms with E-state index in [-0.39, 0.29) is 77.6 Å². The number of piperidine rings is 2. The molecule has 21 heteroatoms. The molecule has 3 fully saturated rings. The molecule has 0 saturated carbocycles. The number of aryl methyl sites for hydroxylation is 2. The van der Waals surface area contributed by atoms with Gasteiger partial charge in [-0.15, -0.1) is 0 Å². The largest absolute Gasteiger partial charge is 0.480 e. The van der Waals surface area contributed by atoms with Crippen molar-refractivity contribution in [1.29, 1.82) is 0 Å². The summed E-state index contributed by atoms with van der Waals surface area (Å²) in [5.74, 6) is 5.94. The van der Waals surface area contributed by atoms with Gasteiger partial charge in [-0.3, -0.25) is 48.2 Å². The number of halogens is 2. The van der Waals surface area contributed by atoms with Crippen molar-refractivity contribution in [2.24, 2.45) is 19.5 Å². The molecule has 8 heterocycles. The number of amides is 4. The zero-order valence-corrected chi connectivity index (χ0v) is 41.1. The monoisotopic (exact) mass is 1000 g/mol. The van der Waals surface area contributed by atoms with E-state index in [0.29, 0.717) is 71.3 Å². The number of carbonyl (C=O) groups excluding carboxylic acids is 4. The fourth-order valence-electron chi connectivity index (χ4n) is 9.83. The lowest BCUT2D eigenvalue weighted by Crippen LogP contribution is -2.61. The summed E-state index contributed by atoms with van der Waals surface area (Å²) in [4.78, 5) is 97.1. The minimum Gasteiger partial charge on any atom is -0.480 e. The molecular formula is C50H51Cl2N11O8. The number of aromatic nitrogens is 7. The molecule has 0 radical (unpaired) electrons. The lowest BCUT2D eigenvalue weighted by molar-refractivity contribution is -0.146. The molecule has 10 rings (SSSR count). The fraction of sp³-hybridized carbons (Fsp3) is 0.380. The van der Waals surface area contributed by atoms with E-state index < -0.39 is 17.9 Å². The number of para-hydroxylation sites is 1. The molecule has 19 nitrogen and oxygen atoms in total. The van der Waals surface area contributed by atoms with E-state index in [9.17, 15) is 28.8 Å². The topological polar surface area (TPSA) is 201 Å². The number of fused-ring (bicyclic) bond motifs is 2. The van der Waals surface area contributed by atoms with Crippen molar-refractivity contribution in [3.8, 4) is 35.1 Å². The number of rotatable bonds is 10. The first-order valence-corrected chi connectivity index (χ1v) is 23.9. The van der Waals surface area contributed by atoms with Gasteiger partial charge in [-0.1, -0.05) is 59.3 Å². The molecule has 4 amide bonds. The average molecular weight is 1000 g/mol. The van der Waals surface area contributed by atoms with Crippen molar-refractivity contribution in [3.05, 3.63) is 115 Å². The predicted molar refractivity (Wildman–Crippen MR) is 264 cm³/mol. The SMILES string of the molecule is COc1ncc(-c2nc3c(n2CCCC(=O)N2CC4(CCN(CC#Cc5cccc6c5n(C)c(=O)n6C5CCC(=O)NC5=O)CC4)C2)CN(c2cc(Cl)cn(C)c2=O)C3=O)c(OC)n1.Clc1ccccc1. The lowest BCUT2D eigenvalue weighted by atomic mass is 9.72. The van der Waals surface area contributed by atoms with E-state index in [1.165, 1.54) is 51.3 Å². The second-order valence-electron chi connectivity index (χ2n) is 18.1. The fourth-order valence-corrected chi connectivity index (χ4v) is 10.2. The molecule has 0 bridgehead atoms. The first-order valence-electron chi connectivity index (χ1n) is 23.1. The number of methoxy groups -OCH3 is 2. The van der Waals surface area contributed by atoms with Gasteiger partial charge in [-0.05, 0) is 69.1 Å². The highest BCUT2D eigenvalue weighted by molar-refractivity contribution is 6.31. The number of imidazole rings is 2. The minimum absolute atomic E-state index is 0.0535. The molecule has 1 atom stereocenters. The Hall–Kier alpha value is -7.27. The van der Waals surface area contributed by atoms with E-state index >= 15 is 0 Å². The Morgan fingerprint density at radius 2 is 1.70 bits per heavy atom. The second-order valence-corrected chi connectivity index (χ2v) is 19.0. The number of anilines is 1. The van der Waals surface area contributed by atoms with Crippen molar-refractivity contribution < 1.29 is 28.7 Å². The average Bonchev–Trinajstić information content (AvgIpc) is 3.96. The van der Waals surface area contributed by atoms with Gasteiger partial charge in [0.1, 0.15) is 17.6 Å². The summed E-state index contributed by atoms with van der Waals surface area (Å²) in [5.41, 5.74) is 2.62. The summed E-state index contributed by atoms with van der Waals surface area (Å²) in [6.07, 6.45) is 6.05. The third-order valence-corrected chi connectivity index (χ3v) is 14.0. The van der Waals surface area contributed by atoms with Crippen molar-refractivity contribution in [1.82, 2.24) is 48.3 Å². The van der Waals surface area contributed by atoms with Crippen LogP contribution in [0, 0.1) is 17.3 Å². The zero-order chi connectivity index (χ0) is 50.1. The van der Waals surface area contributed by atoms with Gasteiger partial charge in [0.15, 0.2) is 5.69 Å². The molecule has 71 heavy (non-hydrogen) atoms. The van der Waals surface area contributed by atoms with Crippen LogP contribution in [0.2, 0.25) is 10.0 Å². The smallest absolute Gasteiger partial charge is 0.329 e. The lowest BCUT2D eigenvalue weighted by Gasteiger charge is -2.54. The van der Waals surface area contributed by atoms with Crippen LogP contribution in [0.5, 0.6) is 11.9 Å². The first-order chi connectivity index (χ1) is 34.2. The van der Waals surface area contributed by atoms with Gasteiger partial charge in [0.05, 0.1) is 60.2 Å². The van der Waals surface area contributed by atoms with E-state index in [0.717, 1.165) is 31.0 Å². The van der Waals surface area contributed by atoms with Crippen LogP contribution in [-0.4, -0.2) is 114 Å². The number of imide groups is 1. The maximum Gasteiger partial charge on any atom is 0.329 e. The molecule has 4 aliphatic rings. The third-order valence-electron chi connectivity index (χ3n) is 13.6. The Kier molecular flexibility index (Phi) is 13.9. The van der Waals surface area contributed by atoms with Crippen LogP contribution in [0.25, 0.3) is 22.4 Å². The van der Waals surface area contributed by atoms with E-state index in [1.807, 2.05) is 51.9 Å². The van der Waals surface area contributed by atoms with E-state index in [2.05, 4.69) is 32.0 Å². The highest BCUT2D eigenvalue weighted by Crippen LogP contribution is 2.41. The van der Waals surface area contributed by atoms with Crippen LogP contribution in [0.4, 0.5) is 5.69 Å². The maximum absolute atomic E-state index is 13.8. The highest BCUT2D eigenvalue weighted by atomic mass is 35.5. The summed E-state index contributed by atoms with van der Waals surface area (Å²) in [6, 6.07) is 15.7. The van der Waals surface area contributed by atoms with Crippen molar-refractivity contribution >= 4 is 63.6 Å². The molecule has 368 valence electrons. The molecule has 4 aliphatic heterocycles. The standard InChI is InChI=1S/C44H46ClN11O8.C6H5Cl/c1-50-22-27(45)20-31(40(50)60)55-23-32-35(41(55)61)48-37(28-21-46-42(64-4)49-39(28)63-3)54(32)17-7-11-34(58)53-24-44(25-53)14-18-52(19-15-44)16-6-9-26-8-5-10-29-36(26)51(2)43(62)56(29)30-12-13-33(57)47-38(30)59;7-6-4-2-1-3-5-6/h5,8,10,20-22,30H,7,11-19,23-25H2,1-4H3,(H,47,57,59);1-5H. The number of hydrogen-bond donors (Lipinski definition) is 1. The summed E-state index contributed by atoms with van der Waals surface area (Å²) >= 11 is 11.8. The van der Waals surface area contributed by atoms with Crippen LogP contribution in [-0.2, 0) is 41.6 Å². The van der Waals surface area contributed by atoms with Gasteiger partial charge in [0, 0.05) is 69.4 Å². The molecule has 1 unspecified atom stereocenters. The number of carbonyl (C=O) groups is 4. The normalized spacial score (nSPS) is 17.3. The van der Waals surface area contributed by atoms with Crippen LogP contribution >= 0.6 is 23.2 Å². The highest BCUT2D eigenvalue weighted by Gasteiger charge is 2.46. The number of pyridine rings is 1. The van der Waals surface area contributed by atoms with Crippen LogP contribution in [0.15, 0.2) is 76.6 Å². The molecule has 0 aliphatic carbocycles. The maximum atomic E-state index is 13.8. The van der Waals surface area contributed by atoms with Gasteiger partial charge in [0.2, 0.25) is 23.6 Å². The third kappa shape index (κ3) is 9.66. The van der Waals surface area contributed by atoms with Crippen LogP contribution in [0.1, 0.15) is 66.3 Å². The van der Waals surface area contributed by atoms with E-state index in [1.54, 1.807) is 20.2 Å². The Labute approximate surface area is 417 Å². The molecule has 6 aromatic rings. The van der Waals surface area contributed by atoms with Gasteiger partial charge in [0.25, 0.3) is 11.5 Å². The van der Waals surface area contributed by atoms with Crippen molar-refractivity contribution in [2.45, 2.75) is 57.7 Å². The molecule has 1 N–H and O–H groups in total. The van der Waals surface area contributed by atoms with Crippen LogP contribution < -0.4 is 30.9 Å². The summed E-state index contributed by atoms with van der Waals surface area (Å²) in [5, 5.41) is 3.45. The predicted octanol–water partition coefficient (Wildman–Crippen LogP) is 4.60. The Morgan fingerprint density at radius 3 is 2.39 bits per heavy atom. The summed E-state index contributed by atoms with van der Waals surface area (Å²) in [6.45, 7) is 4.03. The zero-order valence-electron chi connectivity index (χ0n) is 39.6. The summed E-state index contributed by atoms with van der Waals surface area (Å²) < 4.78 is 16.9. The molecule has 4 aromatic heterocycles. The van der Waals surface area contributed by atoms with Crippen molar-refractivity contribution in [3.63, 3.8) is 0 Å². The number of likely N-dealkylation sites (tertiary alicyclic amines) is 2. The van der Waals surface area contributed by atoms with Crippen LogP contribution in [0.3, 0.4) is 0 Å². The minimum atomic E-state index is -0.764. The second kappa shape index (κ2) is 20.2. The van der Waals surface area contributed by atoms with Crippen molar-refractivity contribution in [2.75, 3.05) is 51.8 Å². The number of benzene rings is 2. The first kappa shape index (κ1) is 48.7. The Morgan fingerprint density at radius 1 is 0.944 bits per heavy atom. The van der Waals surface area contributed by atoms with Gasteiger partial charge < -0.3 is 23.5 Å². The number of ether oxygens (including phenoxy) is 2. The molecule has 1 spiro atoms. The van der Waals surface area contributed by atoms with Gasteiger partial charge >= 0.3 is 11.7 Å². The van der Waals surface area contributed by atoms with E-state index in [4.69, 9.17) is 37.7 Å². The van der Waals surface area contributed by atoms with Gasteiger partial charge in [-0.2, -0.15) is 4.98 Å². The molecule has 3 saturated heterocycles. The number of nitrogens with one attached hydrogen (secondary N) is 1. The quantitative estimate of drug-likeness (QED) is 0.148. The Bertz CT molecular complexity index is 3260. The summed E-state index contributed by atoms with van der Waals surface area (Å²) in [7, 11) is 6.14. The van der Waals surface area contributed by atoms with Gasteiger partial charge in [-0.25, -0.2) is 14.8 Å².